The molecule has 5 heteroatoms. The maximum Gasteiger partial charge on any atom is 0.253 e. The van der Waals surface area contributed by atoms with Gasteiger partial charge in [0.15, 0.2) is 0 Å². The predicted molar refractivity (Wildman–Crippen MR) is 118 cm³/mol. The Morgan fingerprint density at radius 1 is 0.931 bits per heavy atom. The van der Waals surface area contributed by atoms with Gasteiger partial charge in [-0.25, -0.2) is 0 Å². The van der Waals surface area contributed by atoms with E-state index in [-0.39, 0.29) is 5.91 Å². The highest BCUT2D eigenvalue weighted by Gasteiger charge is 2.15. The van der Waals surface area contributed by atoms with Crippen molar-refractivity contribution in [2.24, 2.45) is 0 Å². The molecule has 0 fully saturated rings. The number of nitrogens with one attached hydrogen (secondary N) is 2. The Balaban J connectivity index is 1.81. The average molecular weight is 389 g/mol. The smallest absolute Gasteiger partial charge is 0.253 e. The quantitative estimate of drug-likeness (QED) is 0.569. The molecule has 0 radical (unpaired) electrons. The van der Waals surface area contributed by atoms with Crippen LogP contribution >= 0.6 is 0 Å². The van der Waals surface area contributed by atoms with Crippen LogP contribution in [0.25, 0.3) is 0 Å². The zero-order chi connectivity index (χ0) is 20.8. The lowest BCUT2D eigenvalue weighted by molar-refractivity contribution is 0.0950. The lowest BCUT2D eigenvalue weighted by atomic mass is 9.92. The van der Waals surface area contributed by atoms with Crippen molar-refractivity contribution < 1.29 is 4.79 Å². The van der Waals surface area contributed by atoms with Gasteiger partial charge in [0.2, 0.25) is 0 Å². The number of rotatable bonds is 7. The largest absolute Gasteiger partial charge is 0.354 e. The van der Waals surface area contributed by atoms with E-state index in [2.05, 4.69) is 66.5 Å². The van der Waals surface area contributed by atoms with Crippen molar-refractivity contribution in [1.29, 1.82) is 0 Å². The van der Waals surface area contributed by atoms with E-state index in [1.165, 1.54) is 11.1 Å². The summed E-state index contributed by atoms with van der Waals surface area (Å²) in [6.45, 7) is 9.20. The summed E-state index contributed by atoms with van der Waals surface area (Å²) in [6, 6.07) is 12.0. The number of aromatic nitrogens is 2. The Morgan fingerprint density at radius 3 is 2.21 bits per heavy atom. The second-order valence-corrected chi connectivity index (χ2v) is 7.75. The molecule has 29 heavy (non-hydrogen) atoms. The highest BCUT2D eigenvalue weighted by atomic mass is 16.1. The van der Waals surface area contributed by atoms with Crippen LogP contribution in [0.2, 0.25) is 0 Å². The Labute approximate surface area is 172 Å². The number of amides is 1. The van der Waals surface area contributed by atoms with Crippen LogP contribution in [-0.2, 0) is 6.54 Å². The number of benzene rings is 1. The molecule has 2 heterocycles. The first-order valence-electron chi connectivity index (χ1n) is 9.97. The molecule has 0 unspecified atom stereocenters. The SMILES string of the molecule is CC(C)c1cccc(C(C)C)c1Nc1cncc(C(=O)NCc2ccncc2)c1. The normalized spacial score (nSPS) is 11.0. The number of anilines is 2. The van der Waals surface area contributed by atoms with E-state index in [1.807, 2.05) is 18.2 Å². The molecule has 150 valence electrons. The standard InChI is InChI=1S/C24H28N4O/c1-16(2)21-6-5-7-22(17(3)4)23(21)28-20-12-19(14-26-15-20)24(29)27-13-18-8-10-25-11-9-18/h5-12,14-17,28H,13H2,1-4H3,(H,27,29). The van der Waals surface area contributed by atoms with Crippen molar-refractivity contribution in [2.45, 2.75) is 46.1 Å². The van der Waals surface area contributed by atoms with Crippen molar-refractivity contribution in [3.63, 3.8) is 0 Å². The van der Waals surface area contributed by atoms with Gasteiger partial charge in [0, 0.05) is 30.8 Å². The Hall–Kier alpha value is -3.21. The number of nitrogens with zero attached hydrogens (tertiary/aromatic N) is 2. The number of pyridine rings is 2. The first-order valence-corrected chi connectivity index (χ1v) is 9.97. The van der Waals surface area contributed by atoms with Gasteiger partial charge in [-0.05, 0) is 46.7 Å². The molecule has 2 aromatic heterocycles. The minimum absolute atomic E-state index is 0.154. The topological polar surface area (TPSA) is 66.9 Å². The summed E-state index contributed by atoms with van der Waals surface area (Å²) >= 11 is 0. The molecule has 0 saturated heterocycles. The van der Waals surface area contributed by atoms with Gasteiger partial charge in [-0.2, -0.15) is 0 Å². The second kappa shape index (κ2) is 9.32. The maximum atomic E-state index is 12.6. The number of hydrogen-bond acceptors (Lipinski definition) is 4. The van der Waals surface area contributed by atoms with Gasteiger partial charge < -0.3 is 10.6 Å². The van der Waals surface area contributed by atoms with Crippen molar-refractivity contribution >= 4 is 17.3 Å². The number of para-hydroxylation sites is 1. The summed E-state index contributed by atoms with van der Waals surface area (Å²) in [4.78, 5) is 20.8. The van der Waals surface area contributed by atoms with Crippen LogP contribution in [0.5, 0.6) is 0 Å². The molecule has 2 N–H and O–H groups in total. The fourth-order valence-corrected chi connectivity index (χ4v) is 3.26. The summed E-state index contributed by atoms with van der Waals surface area (Å²) in [7, 11) is 0. The van der Waals surface area contributed by atoms with Gasteiger partial charge in [-0.15, -0.1) is 0 Å². The molecular formula is C24H28N4O. The molecule has 3 rings (SSSR count). The van der Waals surface area contributed by atoms with E-state index in [9.17, 15) is 4.79 Å². The molecule has 0 spiro atoms. The van der Waals surface area contributed by atoms with Crippen LogP contribution in [0.15, 0.2) is 61.2 Å². The molecule has 0 aliphatic rings. The van der Waals surface area contributed by atoms with Gasteiger partial charge in [0.1, 0.15) is 0 Å². The van der Waals surface area contributed by atoms with Gasteiger partial charge in [0.25, 0.3) is 5.91 Å². The Morgan fingerprint density at radius 2 is 1.59 bits per heavy atom. The first-order chi connectivity index (χ1) is 14.0. The number of carbonyl (C=O) groups excluding carboxylic acids is 1. The van der Waals surface area contributed by atoms with E-state index in [1.54, 1.807) is 24.8 Å². The summed E-state index contributed by atoms with van der Waals surface area (Å²) < 4.78 is 0. The predicted octanol–water partition coefficient (Wildman–Crippen LogP) is 5.40. The van der Waals surface area contributed by atoms with Gasteiger partial charge in [0.05, 0.1) is 17.4 Å². The van der Waals surface area contributed by atoms with Gasteiger partial charge in [-0.1, -0.05) is 45.9 Å². The van der Waals surface area contributed by atoms with Crippen molar-refractivity contribution in [3.05, 3.63) is 83.4 Å². The lowest BCUT2D eigenvalue weighted by Gasteiger charge is -2.21. The highest BCUT2D eigenvalue weighted by molar-refractivity contribution is 5.94. The van der Waals surface area contributed by atoms with Crippen LogP contribution in [0.3, 0.4) is 0 Å². The monoisotopic (exact) mass is 388 g/mol. The second-order valence-electron chi connectivity index (χ2n) is 7.75. The molecule has 0 saturated carbocycles. The molecule has 1 aromatic carbocycles. The van der Waals surface area contributed by atoms with Crippen LogP contribution < -0.4 is 10.6 Å². The fraction of sp³-hybridized carbons (Fsp3) is 0.292. The zero-order valence-corrected chi connectivity index (χ0v) is 17.4. The highest BCUT2D eigenvalue weighted by Crippen LogP contribution is 2.34. The number of hydrogen-bond donors (Lipinski definition) is 2. The Kier molecular flexibility index (Phi) is 6.60. The molecule has 0 atom stereocenters. The minimum Gasteiger partial charge on any atom is -0.354 e. The van der Waals surface area contributed by atoms with Gasteiger partial charge in [-0.3, -0.25) is 14.8 Å². The van der Waals surface area contributed by atoms with E-state index in [0.717, 1.165) is 16.9 Å². The minimum atomic E-state index is -0.154. The van der Waals surface area contributed by atoms with Crippen LogP contribution in [0.1, 0.15) is 66.6 Å². The van der Waals surface area contributed by atoms with Crippen LogP contribution in [0, 0.1) is 0 Å². The number of carbonyl (C=O) groups is 1. The van der Waals surface area contributed by atoms with E-state index < -0.39 is 0 Å². The van der Waals surface area contributed by atoms with Crippen molar-refractivity contribution in [3.8, 4) is 0 Å². The maximum absolute atomic E-state index is 12.6. The molecule has 5 nitrogen and oxygen atoms in total. The fourth-order valence-electron chi connectivity index (χ4n) is 3.26. The average Bonchev–Trinajstić information content (AvgIpc) is 2.72. The molecule has 0 aliphatic carbocycles. The molecular weight excluding hydrogens is 360 g/mol. The van der Waals surface area contributed by atoms with E-state index in [0.29, 0.717) is 23.9 Å². The van der Waals surface area contributed by atoms with Crippen molar-refractivity contribution in [1.82, 2.24) is 15.3 Å². The third-order valence-electron chi connectivity index (χ3n) is 4.85. The molecule has 3 aromatic rings. The third-order valence-corrected chi connectivity index (χ3v) is 4.85. The summed E-state index contributed by atoms with van der Waals surface area (Å²) in [6.07, 6.45) is 6.77. The van der Waals surface area contributed by atoms with Crippen LogP contribution in [-0.4, -0.2) is 15.9 Å². The van der Waals surface area contributed by atoms with Crippen LogP contribution in [0.4, 0.5) is 11.4 Å². The van der Waals surface area contributed by atoms with E-state index >= 15 is 0 Å². The molecule has 0 bridgehead atoms. The summed E-state index contributed by atoms with van der Waals surface area (Å²) in [5.41, 5.74) is 5.94. The lowest BCUT2D eigenvalue weighted by Crippen LogP contribution is -2.23. The molecule has 0 aliphatic heterocycles. The Bertz CT molecular complexity index is 941. The van der Waals surface area contributed by atoms with Gasteiger partial charge >= 0.3 is 0 Å². The summed E-state index contributed by atoms with van der Waals surface area (Å²) in [5.74, 6) is 0.617. The zero-order valence-electron chi connectivity index (χ0n) is 17.4. The molecule has 1 amide bonds. The van der Waals surface area contributed by atoms with Crippen molar-refractivity contribution in [2.75, 3.05) is 5.32 Å². The first kappa shape index (κ1) is 20.5. The summed E-state index contributed by atoms with van der Waals surface area (Å²) in [5, 5.41) is 6.45. The third kappa shape index (κ3) is 5.19. The van der Waals surface area contributed by atoms with E-state index in [4.69, 9.17) is 0 Å².